The minimum atomic E-state index is -0.282. The normalized spacial score (nSPS) is 10.4. The van der Waals surface area contributed by atoms with Gasteiger partial charge in [0.1, 0.15) is 0 Å². The van der Waals surface area contributed by atoms with Crippen molar-refractivity contribution in [3.05, 3.63) is 77.0 Å². The predicted molar refractivity (Wildman–Crippen MR) is 100 cm³/mol. The number of nitrogens with zero attached hydrogens (tertiary/aromatic N) is 2. The van der Waals surface area contributed by atoms with Gasteiger partial charge in [0, 0.05) is 11.4 Å². The molecule has 0 fully saturated rings. The molecule has 3 aromatic rings. The SMILES string of the molecule is Cc1ccc(NC(=O)c2ccc(Nc3c(C)cccc3C)nn2)cc1. The summed E-state index contributed by atoms with van der Waals surface area (Å²) >= 11 is 0. The molecule has 1 amide bonds. The van der Waals surface area contributed by atoms with Crippen molar-refractivity contribution in [3.8, 4) is 0 Å². The van der Waals surface area contributed by atoms with Crippen molar-refractivity contribution in [1.29, 1.82) is 0 Å². The molecular formula is C20H20N4O. The summed E-state index contributed by atoms with van der Waals surface area (Å²) in [6, 6.07) is 17.1. The first kappa shape index (κ1) is 16.6. The van der Waals surface area contributed by atoms with Crippen molar-refractivity contribution in [2.24, 2.45) is 0 Å². The zero-order valence-electron chi connectivity index (χ0n) is 14.5. The van der Waals surface area contributed by atoms with Gasteiger partial charge in [-0.15, -0.1) is 10.2 Å². The molecule has 126 valence electrons. The van der Waals surface area contributed by atoms with Crippen LogP contribution in [0.5, 0.6) is 0 Å². The quantitative estimate of drug-likeness (QED) is 0.743. The van der Waals surface area contributed by atoms with E-state index in [0.29, 0.717) is 5.82 Å². The molecule has 0 atom stereocenters. The average Bonchev–Trinajstić information content (AvgIpc) is 2.61. The van der Waals surface area contributed by atoms with E-state index in [1.165, 1.54) is 0 Å². The first-order valence-electron chi connectivity index (χ1n) is 8.08. The minimum Gasteiger partial charge on any atom is -0.338 e. The molecule has 1 aromatic heterocycles. The van der Waals surface area contributed by atoms with Crippen LogP contribution in [-0.2, 0) is 0 Å². The molecule has 0 bridgehead atoms. The molecule has 5 heteroatoms. The summed E-state index contributed by atoms with van der Waals surface area (Å²) in [5.41, 5.74) is 5.40. The Bertz CT molecular complexity index is 866. The molecule has 1 heterocycles. The minimum absolute atomic E-state index is 0.271. The van der Waals surface area contributed by atoms with Crippen LogP contribution in [0.25, 0.3) is 0 Å². The van der Waals surface area contributed by atoms with Crippen molar-refractivity contribution in [3.63, 3.8) is 0 Å². The number of benzene rings is 2. The first-order valence-corrected chi connectivity index (χ1v) is 8.08. The number of rotatable bonds is 4. The standard InChI is InChI=1S/C20H20N4O/c1-13-7-9-16(10-8-13)21-20(25)17-11-12-18(24-23-17)22-19-14(2)5-4-6-15(19)3/h4-12H,1-3H3,(H,21,25)(H,22,24). The number of aromatic nitrogens is 2. The van der Waals surface area contributed by atoms with Crippen molar-refractivity contribution >= 4 is 23.1 Å². The van der Waals surface area contributed by atoms with Gasteiger partial charge in [0.2, 0.25) is 0 Å². The zero-order chi connectivity index (χ0) is 17.8. The first-order chi connectivity index (χ1) is 12.0. The van der Waals surface area contributed by atoms with E-state index in [1.54, 1.807) is 12.1 Å². The van der Waals surface area contributed by atoms with Crippen molar-refractivity contribution < 1.29 is 4.79 Å². The van der Waals surface area contributed by atoms with Crippen LogP contribution in [0.3, 0.4) is 0 Å². The van der Waals surface area contributed by atoms with E-state index in [1.807, 2.05) is 63.2 Å². The van der Waals surface area contributed by atoms with Crippen LogP contribution >= 0.6 is 0 Å². The molecule has 25 heavy (non-hydrogen) atoms. The molecule has 2 N–H and O–H groups in total. The van der Waals surface area contributed by atoms with E-state index in [-0.39, 0.29) is 11.6 Å². The van der Waals surface area contributed by atoms with Gasteiger partial charge >= 0.3 is 0 Å². The van der Waals surface area contributed by atoms with Gasteiger partial charge in [0.05, 0.1) is 0 Å². The Balaban J connectivity index is 1.71. The number of carbonyl (C=O) groups excluding carboxylic acids is 1. The van der Waals surface area contributed by atoms with Gasteiger partial charge in [0.15, 0.2) is 11.5 Å². The summed E-state index contributed by atoms with van der Waals surface area (Å²) in [6.07, 6.45) is 0. The largest absolute Gasteiger partial charge is 0.338 e. The molecule has 5 nitrogen and oxygen atoms in total. The molecule has 3 rings (SSSR count). The highest BCUT2D eigenvalue weighted by Gasteiger charge is 2.09. The molecule has 0 spiro atoms. The van der Waals surface area contributed by atoms with E-state index in [2.05, 4.69) is 20.8 Å². The molecule has 0 saturated heterocycles. The van der Waals surface area contributed by atoms with Crippen LogP contribution < -0.4 is 10.6 Å². The maximum absolute atomic E-state index is 12.2. The van der Waals surface area contributed by atoms with Crippen molar-refractivity contribution in [2.45, 2.75) is 20.8 Å². The van der Waals surface area contributed by atoms with Gasteiger partial charge in [-0.1, -0.05) is 35.9 Å². The van der Waals surface area contributed by atoms with Gasteiger partial charge in [-0.05, 0) is 56.2 Å². The highest BCUT2D eigenvalue weighted by Crippen LogP contribution is 2.23. The molecule has 0 aliphatic carbocycles. The van der Waals surface area contributed by atoms with Gasteiger partial charge in [-0.25, -0.2) is 0 Å². The van der Waals surface area contributed by atoms with Gasteiger partial charge in [-0.3, -0.25) is 4.79 Å². The number of aryl methyl sites for hydroxylation is 3. The van der Waals surface area contributed by atoms with Crippen LogP contribution in [0.4, 0.5) is 17.2 Å². The lowest BCUT2D eigenvalue weighted by Gasteiger charge is -2.11. The Labute approximate surface area is 147 Å². The fourth-order valence-electron chi connectivity index (χ4n) is 2.49. The topological polar surface area (TPSA) is 66.9 Å². The number of hydrogen-bond donors (Lipinski definition) is 2. The molecule has 0 saturated carbocycles. The molecule has 0 unspecified atom stereocenters. The fraction of sp³-hybridized carbons (Fsp3) is 0.150. The maximum Gasteiger partial charge on any atom is 0.276 e. The van der Waals surface area contributed by atoms with Crippen LogP contribution in [0.15, 0.2) is 54.6 Å². The smallest absolute Gasteiger partial charge is 0.276 e. The van der Waals surface area contributed by atoms with Crippen molar-refractivity contribution in [2.75, 3.05) is 10.6 Å². The van der Waals surface area contributed by atoms with Crippen LogP contribution in [-0.4, -0.2) is 16.1 Å². The summed E-state index contributed by atoms with van der Waals surface area (Å²) < 4.78 is 0. The third-order valence-electron chi connectivity index (χ3n) is 3.94. The Morgan fingerprint density at radius 2 is 1.52 bits per heavy atom. The summed E-state index contributed by atoms with van der Waals surface area (Å²) in [6.45, 7) is 6.07. The summed E-state index contributed by atoms with van der Waals surface area (Å²) in [4.78, 5) is 12.2. The molecule has 0 aliphatic heterocycles. The predicted octanol–water partition coefficient (Wildman–Crippen LogP) is 4.40. The Hall–Kier alpha value is -3.21. The van der Waals surface area contributed by atoms with E-state index in [9.17, 15) is 4.79 Å². The van der Waals surface area contributed by atoms with E-state index in [4.69, 9.17) is 0 Å². The Morgan fingerprint density at radius 1 is 0.840 bits per heavy atom. The second-order valence-corrected chi connectivity index (χ2v) is 6.02. The molecular weight excluding hydrogens is 312 g/mol. The summed E-state index contributed by atoms with van der Waals surface area (Å²) in [7, 11) is 0. The van der Waals surface area contributed by atoms with E-state index < -0.39 is 0 Å². The number of carbonyl (C=O) groups is 1. The van der Waals surface area contributed by atoms with Gasteiger partial charge in [0.25, 0.3) is 5.91 Å². The van der Waals surface area contributed by atoms with Crippen LogP contribution in [0.1, 0.15) is 27.2 Å². The zero-order valence-corrected chi connectivity index (χ0v) is 14.5. The molecule has 0 aliphatic rings. The lowest BCUT2D eigenvalue weighted by Crippen LogP contribution is -2.14. The summed E-state index contributed by atoms with van der Waals surface area (Å²) in [5.74, 6) is 0.319. The number of hydrogen-bond acceptors (Lipinski definition) is 4. The van der Waals surface area contributed by atoms with E-state index >= 15 is 0 Å². The third kappa shape index (κ3) is 4.01. The van der Waals surface area contributed by atoms with Crippen molar-refractivity contribution in [1.82, 2.24) is 10.2 Å². The fourth-order valence-corrected chi connectivity index (χ4v) is 2.49. The number of anilines is 3. The Kier molecular flexibility index (Phi) is 4.75. The highest BCUT2D eigenvalue weighted by molar-refractivity contribution is 6.02. The number of nitrogens with one attached hydrogen (secondary N) is 2. The monoisotopic (exact) mass is 332 g/mol. The lowest BCUT2D eigenvalue weighted by molar-refractivity contribution is 0.102. The summed E-state index contributed by atoms with van der Waals surface area (Å²) in [5, 5.41) is 14.2. The van der Waals surface area contributed by atoms with Crippen LogP contribution in [0, 0.1) is 20.8 Å². The van der Waals surface area contributed by atoms with E-state index in [0.717, 1.165) is 28.1 Å². The number of amides is 1. The van der Waals surface area contributed by atoms with Gasteiger partial charge < -0.3 is 10.6 Å². The maximum atomic E-state index is 12.2. The molecule has 0 radical (unpaired) electrons. The number of para-hydroxylation sites is 1. The van der Waals surface area contributed by atoms with Crippen LogP contribution in [0.2, 0.25) is 0 Å². The van der Waals surface area contributed by atoms with Gasteiger partial charge in [-0.2, -0.15) is 0 Å². The average molecular weight is 332 g/mol. The third-order valence-corrected chi connectivity index (χ3v) is 3.94. The second kappa shape index (κ2) is 7.13. The Morgan fingerprint density at radius 3 is 2.12 bits per heavy atom. The highest BCUT2D eigenvalue weighted by atomic mass is 16.1. The molecule has 2 aromatic carbocycles. The lowest BCUT2D eigenvalue weighted by atomic mass is 10.1. The second-order valence-electron chi connectivity index (χ2n) is 6.02.